The van der Waals surface area contributed by atoms with Gasteiger partial charge in [-0.25, -0.2) is 0 Å². The fraction of sp³-hybridized carbons (Fsp3) is 0.889. The molecular formula is C18H34O5. The summed E-state index contributed by atoms with van der Waals surface area (Å²) in [7, 11) is 0. The maximum atomic E-state index is 9.92. The highest BCUT2D eigenvalue weighted by atomic mass is 16.7. The van der Waals surface area contributed by atoms with Gasteiger partial charge in [0.2, 0.25) is 0 Å². The van der Waals surface area contributed by atoms with E-state index in [0.717, 1.165) is 19.3 Å². The van der Waals surface area contributed by atoms with E-state index < -0.39 is 30.7 Å². The second kappa shape index (κ2) is 11.2. The van der Waals surface area contributed by atoms with Gasteiger partial charge in [0.25, 0.3) is 0 Å². The molecule has 23 heavy (non-hydrogen) atoms. The Morgan fingerprint density at radius 2 is 1.61 bits per heavy atom. The predicted octanol–water partition coefficient (Wildman–Crippen LogP) is 2.53. The molecule has 1 aliphatic rings. The largest absolute Gasteiger partial charge is 0.388 e. The number of unbranched alkanes of at least 4 members (excludes halogenated alkanes) is 6. The van der Waals surface area contributed by atoms with E-state index in [1.54, 1.807) is 6.92 Å². The highest BCUT2D eigenvalue weighted by Crippen LogP contribution is 2.23. The van der Waals surface area contributed by atoms with Gasteiger partial charge >= 0.3 is 0 Å². The van der Waals surface area contributed by atoms with E-state index in [0.29, 0.717) is 0 Å². The molecule has 5 nitrogen and oxygen atoms in total. The number of hydrogen-bond donors (Lipinski definition) is 3. The van der Waals surface area contributed by atoms with Crippen molar-refractivity contribution in [1.82, 2.24) is 0 Å². The first-order valence-corrected chi connectivity index (χ1v) is 8.93. The zero-order valence-corrected chi connectivity index (χ0v) is 14.6. The van der Waals surface area contributed by atoms with Crippen molar-refractivity contribution >= 4 is 0 Å². The number of hydrogen-bond acceptors (Lipinski definition) is 5. The van der Waals surface area contributed by atoms with Crippen LogP contribution in [-0.2, 0) is 9.47 Å². The molecule has 1 aliphatic heterocycles. The minimum absolute atomic E-state index is 0.0509. The number of aliphatic hydroxyl groups is 3. The average molecular weight is 330 g/mol. The highest BCUT2D eigenvalue weighted by Gasteiger charge is 2.42. The summed E-state index contributed by atoms with van der Waals surface area (Å²) in [6.45, 7) is 7.33. The third-order valence-electron chi connectivity index (χ3n) is 4.44. The van der Waals surface area contributed by atoms with Crippen LogP contribution in [0.2, 0.25) is 0 Å². The van der Waals surface area contributed by atoms with Crippen molar-refractivity contribution in [3.63, 3.8) is 0 Å². The number of allylic oxidation sites excluding steroid dienone is 1. The van der Waals surface area contributed by atoms with Crippen LogP contribution >= 0.6 is 0 Å². The summed E-state index contributed by atoms with van der Waals surface area (Å²) in [4.78, 5) is 0. The molecule has 0 aromatic heterocycles. The zero-order chi connectivity index (χ0) is 17.2. The summed E-state index contributed by atoms with van der Waals surface area (Å²) < 4.78 is 11.1. The van der Waals surface area contributed by atoms with Crippen molar-refractivity contribution in [3.05, 3.63) is 12.7 Å². The van der Waals surface area contributed by atoms with E-state index >= 15 is 0 Å². The van der Waals surface area contributed by atoms with Crippen molar-refractivity contribution in [1.29, 1.82) is 0 Å². The average Bonchev–Trinajstić information content (AvgIpc) is 2.53. The van der Waals surface area contributed by atoms with Gasteiger partial charge in [-0.05, 0) is 33.1 Å². The van der Waals surface area contributed by atoms with Crippen molar-refractivity contribution in [2.24, 2.45) is 0 Å². The summed E-state index contributed by atoms with van der Waals surface area (Å²) >= 11 is 0. The first-order chi connectivity index (χ1) is 11.0. The topological polar surface area (TPSA) is 79.2 Å². The molecule has 1 rings (SSSR count). The maximum Gasteiger partial charge on any atom is 0.186 e. The summed E-state index contributed by atoms with van der Waals surface area (Å²) in [6, 6.07) is 0. The Morgan fingerprint density at radius 1 is 1.00 bits per heavy atom. The molecule has 1 saturated heterocycles. The molecular weight excluding hydrogens is 296 g/mol. The Labute approximate surface area is 140 Å². The summed E-state index contributed by atoms with van der Waals surface area (Å²) in [5.74, 6) is 0. The zero-order valence-electron chi connectivity index (χ0n) is 14.6. The number of ether oxygens (including phenoxy) is 2. The third kappa shape index (κ3) is 7.31. The molecule has 0 aromatic carbocycles. The highest BCUT2D eigenvalue weighted by molar-refractivity contribution is 4.87. The minimum atomic E-state index is -1.23. The van der Waals surface area contributed by atoms with E-state index in [1.165, 1.54) is 32.1 Å². The van der Waals surface area contributed by atoms with Gasteiger partial charge in [0.1, 0.15) is 18.3 Å². The molecule has 3 N–H and O–H groups in total. The molecule has 0 spiro atoms. The van der Waals surface area contributed by atoms with Crippen molar-refractivity contribution < 1.29 is 24.8 Å². The Morgan fingerprint density at radius 3 is 2.26 bits per heavy atom. The van der Waals surface area contributed by atoms with E-state index in [2.05, 4.69) is 6.58 Å². The Kier molecular flexibility index (Phi) is 9.99. The third-order valence-corrected chi connectivity index (χ3v) is 4.44. The second-order valence-corrected chi connectivity index (χ2v) is 6.62. The van der Waals surface area contributed by atoms with Gasteiger partial charge in [0.15, 0.2) is 6.29 Å². The van der Waals surface area contributed by atoms with Crippen LogP contribution in [0.1, 0.15) is 65.2 Å². The molecule has 0 bridgehead atoms. The molecule has 4 unspecified atom stereocenters. The fourth-order valence-electron chi connectivity index (χ4n) is 2.85. The molecule has 1 heterocycles. The van der Waals surface area contributed by atoms with Gasteiger partial charge in [-0.1, -0.05) is 38.2 Å². The Balaban J connectivity index is 2.13. The van der Waals surface area contributed by atoms with Crippen LogP contribution in [0.15, 0.2) is 12.7 Å². The van der Waals surface area contributed by atoms with E-state index in [1.807, 2.05) is 13.0 Å². The first-order valence-electron chi connectivity index (χ1n) is 8.93. The van der Waals surface area contributed by atoms with Gasteiger partial charge in [-0.2, -0.15) is 0 Å². The van der Waals surface area contributed by atoms with Gasteiger partial charge in [-0.15, -0.1) is 6.58 Å². The Bertz CT molecular complexity index is 323. The standard InChI is InChI=1S/C18H34O5/c1-4-5-6-7-8-9-10-11-12-13(2)22-18-17(21)16(20)15(19)14(3)23-18/h4,13-21H,1,5-12H2,2-3H3/t13?,14?,15-,16?,17?,18+/m0/s1. The summed E-state index contributed by atoms with van der Waals surface area (Å²) in [5.41, 5.74) is 0. The lowest BCUT2D eigenvalue weighted by molar-refractivity contribution is -0.303. The van der Waals surface area contributed by atoms with Gasteiger partial charge in [-0.3, -0.25) is 0 Å². The number of rotatable bonds is 11. The predicted molar refractivity (Wildman–Crippen MR) is 90.0 cm³/mol. The van der Waals surface area contributed by atoms with Crippen molar-refractivity contribution in [3.8, 4) is 0 Å². The SMILES string of the molecule is C=CCCCCCCCCC(C)O[C@@H]1OC(C)[C@H](O)C(O)C1O. The molecule has 0 radical (unpaired) electrons. The van der Waals surface area contributed by atoms with Crippen molar-refractivity contribution in [2.45, 2.75) is 102 Å². The second-order valence-electron chi connectivity index (χ2n) is 6.62. The van der Waals surface area contributed by atoms with Crippen LogP contribution in [0.25, 0.3) is 0 Å². The molecule has 1 fully saturated rings. The molecule has 0 amide bonds. The molecule has 0 aromatic rings. The van der Waals surface area contributed by atoms with E-state index in [9.17, 15) is 15.3 Å². The quantitative estimate of drug-likeness (QED) is 0.401. The lowest BCUT2D eigenvalue weighted by Gasteiger charge is -2.39. The van der Waals surface area contributed by atoms with E-state index in [4.69, 9.17) is 9.47 Å². The summed E-state index contributed by atoms with van der Waals surface area (Å²) in [5, 5.41) is 29.3. The van der Waals surface area contributed by atoms with Gasteiger partial charge in [0.05, 0.1) is 12.2 Å². The van der Waals surface area contributed by atoms with Crippen LogP contribution in [0, 0.1) is 0 Å². The monoisotopic (exact) mass is 330 g/mol. The lowest BCUT2D eigenvalue weighted by atomic mass is 10.00. The first kappa shape index (κ1) is 20.6. The van der Waals surface area contributed by atoms with Crippen LogP contribution < -0.4 is 0 Å². The van der Waals surface area contributed by atoms with Crippen LogP contribution in [0.4, 0.5) is 0 Å². The van der Waals surface area contributed by atoms with Gasteiger partial charge in [0, 0.05) is 0 Å². The molecule has 0 saturated carbocycles. The lowest BCUT2D eigenvalue weighted by Crippen LogP contribution is -2.57. The molecule has 136 valence electrons. The fourth-order valence-corrected chi connectivity index (χ4v) is 2.85. The summed E-state index contributed by atoms with van der Waals surface area (Å²) in [6.07, 6.45) is 6.19. The van der Waals surface area contributed by atoms with Crippen LogP contribution in [-0.4, -0.2) is 52.1 Å². The smallest absolute Gasteiger partial charge is 0.186 e. The molecule has 6 atom stereocenters. The Hall–Kier alpha value is -0.460. The molecule has 0 aliphatic carbocycles. The number of aliphatic hydroxyl groups excluding tert-OH is 3. The van der Waals surface area contributed by atoms with Gasteiger partial charge < -0.3 is 24.8 Å². The maximum absolute atomic E-state index is 9.92. The van der Waals surface area contributed by atoms with Crippen LogP contribution in [0.5, 0.6) is 0 Å². The van der Waals surface area contributed by atoms with E-state index in [-0.39, 0.29) is 6.10 Å². The van der Waals surface area contributed by atoms with Crippen molar-refractivity contribution in [2.75, 3.05) is 0 Å². The van der Waals surface area contributed by atoms with Crippen LogP contribution in [0.3, 0.4) is 0 Å². The molecule has 5 heteroatoms. The normalized spacial score (nSPS) is 32.7. The minimum Gasteiger partial charge on any atom is -0.388 e.